The maximum Gasteiger partial charge on any atom is 0.188 e. The van der Waals surface area contributed by atoms with Crippen molar-refractivity contribution >= 4 is 56.6 Å². The van der Waals surface area contributed by atoms with Crippen LogP contribution in [0.2, 0.25) is 0 Å². The van der Waals surface area contributed by atoms with Gasteiger partial charge in [-0.15, -0.1) is 24.0 Å². The standard InChI is InChI=1S/C15H21N5S.HI/c16-14(19-10-11-4-3-5-11)17-8-9-18-15-20-12-6-1-2-7-13(12)21-15;/h1-2,6-7,11H,3-5,8-10H2,(H,18,20)(H3,16,17,19);1H. The van der Waals surface area contributed by atoms with Crippen molar-refractivity contribution < 1.29 is 0 Å². The number of hydrogen-bond acceptors (Lipinski definition) is 4. The Morgan fingerprint density at radius 3 is 2.86 bits per heavy atom. The molecule has 22 heavy (non-hydrogen) atoms. The van der Waals surface area contributed by atoms with Crippen molar-refractivity contribution in [2.24, 2.45) is 16.6 Å². The summed E-state index contributed by atoms with van der Waals surface area (Å²) < 4.78 is 1.20. The maximum atomic E-state index is 5.84. The van der Waals surface area contributed by atoms with Gasteiger partial charge in [0.15, 0.2) is 11.1 Å². The predicted octanol–water partition coefficient (Wildman–Crippen LogP) is 3.03. The Balaban J connectivity index is 0.00000176. The molecule has 3 rings (SSSR count). The molecule has 0 unspecified atom stereocenters. The van der Waals surface area contributed by atoms with E-state index in [1.165, 1.54) is 24.0 Å². The number of anilines is 1. The van der Waals surface area contributed by atoms with Gasteiger partial charge in [0.1, 0.15) is 0 Å². The van der Waals surface area contributed by atoms with E-state index < -0.39 is 0 Å². The van der Waals surface area contributed by atoms with Crippen molar-refractivity contribution in [2.45, 2.75) is 19.3 Å². The van der Waals surface area contributed by atoms with Crippen LogP contribution >= 0.6 is 35.3 Å². The van der Waals surface area contributed by atoms with E-state index in [9.17, 15) is 0 Å². The van der Waals surface area contributed by atoms with Crippen LogP contribution in [0.25, 0.3) is 10.2 Å². The van der Waals surface area contributed by atoms with Crippen molar-refractivity contribution in [3.63, 3.8) is 0 Å². The summed E-state index contributed by atoms with van der Waals surface area (Å²) in [6, 6.07) is 8.15. The zero-order chi connectivity index (χ0) is 14.5. The van der Waals surface area contributed by atoms with Crippen LogP contribution < -0.4 is 16.4 Å². The summed E-state index contributed by atoms with van der Waals surface area (Å²) in [5.74, 6) is 1.30. The molecular formula is C15H22IN5S. The first-order valence-corrected chi connectivity index (χ1v) is 8.26. The van der Waals surface area contributed by atoms with E-state index in [-0.39, 0.29) is 24.0 Å². The number of rotatable bonds is 6. The number of benzene rings is 1. The molecule has 1 aromatic carbocycles. The fraction of sp³-hybridized carbons (Fsp3) is 0.467. The van der Waals surface area contributed by atoms with Crippen LogP contribution in [0.4, 0.5) is 5.13 Å². The Hall–Kier alpha value is -1.09. The van der Waals surface area contributed by atoms with Gasteiger partial charge < -0.3 is 16.4 Å². The molecule has 0 aliphatic heterocycles. The zero-order valence-corrected chi connectivity index (χ0v) is 15.6. The molecule has 7 heteroatoms. The molecular weight excluding hydrogens is 409 g/mol. The van der Waals surface area contributed by atoms with Crippen LogP contribution in [0, 0.1) is 5.92 Å². The number of aliphatic imine (C=N–C) groups is 1. The van der Waals surface area contributed by atoms with Crippen LogP contribution in [0.5, 0.6) is 0 Å². The van der Waals surface area contributed by atoms with Crippen molar-refractivity contribution in [3.05, 3.63) is 24.3 Å². The van der Waals surface area contributed by atoms with Crippen LogP contribution in [-0.4, -0.2) is 30.6 Å². The van der Waals surface area contributed by atoms with Gasteiger partial charge in [-0.05, 0) is 30.9 Å². The SMILES string of the molecule is I.NC(=NCC1CCC1)NCCNc1nc2ccccc2s1. The van der Waals surface area contributed by atoms with Crippen LogP contribution in [0.3, 0.4) is 0 Å². The Kier molecular flexibility index (Phi) is 6.69. The summed E-state index contributed by atoms with van der Waals surface area (Å²) in [4.78, 5) is 8.89. The van der Waals surface area contributed by atoms with Gasteiger partial charge in [-0.25, -0.2) is 4.98 Å². The lowest BCUT2D eigenvalue weighted by Crippen LogP contribution is -2.35. The van der Waals surface area contributed by atoms with Gasteiger partial charge in [0.25, 0.3) is 0 Å². The molecule has 4 N–H and O–H groups in total. The third kappa shape index (κ3) is 4.70. The number of hydrogen-bond donors (Lipinski definition) is 3. The third-order valence-electron chi connectivity index (χ3n) is 3.75. The van der Waals surface area contributed by atoms with Gasteiger partial charge in [0, 0.05) is 19.6 Å². The Bertz CT molecular complexity index is 590. The minimum atomic E-state index is 0. The van der Waals surface area contributed by atoms with Gasteiger partial charge >= 0.3 is 0 Å². The van der Waals surface area contributed by atoms with Gasteiger partial charge in [-0.3, -0.25) is 4.99 Å². The van der Waals surface area contributed by atoms with Gasteiger partial charge in [-0.2, -0.15) is 0 Å². The molecule has 0 radical (unpaired) electrons. The van der Waals surface area contributed by atoms with E-state index in [1.807, 2.05) is 18.2 Å². The number of aromatic nitrogens is 1. The molecule has 1 aliphatic carbocycles. The molecule has 1 aliphatic rings. The number of nitrogens with one attached hydrogen (secondary N) is 2. The molecule has 1 heterocycles. The number of nitrogens with zero attached hydrogens (tertiary/aromatic N) is 2. The molecule has 1 aromatic heterocycles. The minimum absolute atomic E-state index is 0. The lowest BCUT2D eigenvalue weighted by molar-refractivity contribution is 0.326. The van der Waals surface area contributed by atoms with Crippen molar-refractivity contribution in [3.8, 4) is 0 Å². The molecule has 120 valence electrons. The smallest absolute Gasteiger partial charge is 0.188 e. The average molecular weight is 431 g/mol. The number of thiazole rings is 1. The van der Waals surface area contributed by atoms with Crippen LogP contribution in [0.1, 0.15) is 19.3 Å². The van der Waals surface area contributed by atoms with Gasteiger partial charge in [-0.1, -0.05) is 29.9 Å². The maximum absolute atomic E-state index is 5.84. The van der Waals surface area contributed by atoms with E-state index in [2.05, 4.69) is 26.7 Å². The quantitative estimate of drug-likeness (QED) is 0.285. The predicted molar refractivity (Wildman–Crippen MR) is 105 cm³/mol. The second-order valence-electron chi connectivity index (χ2n) is 5.36. The molecule has 0 atom stereocenters. The number of guanidine groups is 1. The number of halogens is 1. The summed E-state index contributed by atoms with van der Waals surface area (Å²) in [5.41, 5.74) is 6.88. The highest BCUT2D eigenvalue weighted by Gasteiger charge is 2.16. The van der Waals surface area contributed by atoms with Crippen molar-refractivity contribution in [1.82, 2.24) is 10.3 Å². The number of fused-ring (bicyclic) bond motifs is 1. The fourth-order valence-corrected chi connectivity index (χ4v) is 3.16. The number of nitrogens with two attached hydrogens (primary N) is 1. The Morgan fingerprint density at radius 2 is 2.14 bits per heavy atom. The lowest BCUT2D eigenvalue weighted by atomic mass is 9.86. The largest absolute Gasteiger partial charge is 0.370 e. The van der Waals surface area contributed by atoms with E-state index in [4.69, 9.17) is 5.73 Å². The van der Waals surface area contributed by atoms with Crippen molar-refractivity contribution in [1.29, 1.82) is 0 Å². The highest BCUT2D eigenvalue weighted by molar-refractivity contribution is 14.0. The highest BCUT2D eigenvalue weighted by Crippen LogP contribution is 2.26. The molecule has 1 fully saturated rings. The summed E-state index contributed by atoms with van der Waals surface area (Å²) >= 11 is 1.67. The Morgan fingerprint density at radius 1 is 1.32 bits per heavy atom. The lowest BCUT2D eigenvalue weighted by Gasteiger charge is -2.23. The van der Waals surface area contributed by atoms with E-state index >= 15 is 0 Å². The summed E-state index contributed by atoms with van der Waals surface area (Å²) in [6.45, 7) is 2.39. The summed E-state index contributed by atoms with van der Waals surface area (Å²) in [5, 5.41) is 7.39. The summed E-state index contributed by atoms with van der Waals surface area (Å²) in [6.07, 6.45) is 3.95. The average Bonchev–Trinajstić information content (AvgIpc) is 2.84. The molecule has 5 nitrogen and oxygen atoms in total. The van der Waals surface area contributed by atoms with Gasteiger partial charge in [0.05, 0.1) is 10.2 Å². The fourth-order valence-electron chi connectivity index (χ4n) is 2.27. The van der Waals surface area contributed by atoms with Crippen LogP contribution in [0.15, 0.2) is 29.3 Å². The molecule has 0 spiro atoms. The topological polar surface area (TPSA) is 75.3 Å². The highest BCUT2D eigenvalue weighted by atomic mass is 127. The molecule has 0 bridgehead atoms. The first-order chi connectivity index (χ1) is 10.3. The monoisotopic (exact) mass is 431 g/mol. The normalized spacial score (nSPS) is 15.2. The first kappa shape index (κ1) is 17.3. The van der Waals surface area contributed by atoms with E-state index in [1.54, 1.807) is 11.3 Å². The second-order valence-corrected chi connectivity index (χ2v) is 6.39. The molecule has 2 aromatic rings. The van der Waals surface area contributed by atoms with E-state index in [0.29, 0.717) is 5.96 Å². The van der Waals surface area contributed by atoms with E-state index in [0.717, 1.165) is 36.2 Å². The Labute approximate surface area is 151 Å². The third-order valence-corrected chi connectivity index (χ3v) is 4.74. The molecule has 1 saturated carbocycles. The second kappa shape index (κ2) is 8.52. The van der Waals surface area contributed by atoms with Crippen LogP contribution in [-0.2, 0) is 0 Å². The zero-order valence-electron chi connectivity index (χ0n) is 12.4. The van der Waals surface area contributed by atoms with Crippen molar-refractivity contribution in [2.75, 3.05) is 25.0 Å². The first-order valence-electron chi connectivity index (χ1n) is 7.44. The molecule has 0 saturated heterocycles. The minimum Gasteiger partial charge on any atom is -0.370 e. The number of para-hydroxylation sites is 1. The summed E-state index contributed by atoms with van der Waals surface area (Å²) in [7, 11) is 0. The molecule has 0 amide bonds. The van der Waals surface area contributed by atoms with Gasteiger partial charge in [0.2, 0.25) is 0 Å².